The van der Waals surface area contributed by atoms with Gasteiger partial charge in [-0.3, -0.25) is 0 Å². The summed E-state index contributed by atoms with van der Waals surface area (Å²) < 4.78 is 0. The maximum absolute atomic E-state index is 2.44. The van der Waals surface area contributed by atoms with Crippen LogP contribution < -0.4 is 0 Å². The molecule has 0 spiro atoms. The maximum atomic E-state index is 2.44. The summed E-state index contributed by atoms with van der Waals surface area (Å²) >= 11 is 0. The van der Waals surface area contributed by atoms with E-state index in [1.807, 2.05) is 13.8 Å². The molecule has 0 atom stereocenters. The molecule has 0 amide bonds. The van der Waals surface area contributed by atoms with Gasteiger partial charge in [0.25, 0.3) is 0 Å². The highest BCUT2D eigenvalue weighted by Crippen LogP contribution is 2.39. The van der Waals surface area contributed by atoms with Gasteiger partial charge in [-0.05, 0) is 30.1 Å². The van der Waals surface area contributed by atoms with Crippen molar-refractivity contribution in [2.24, 2.45) is 23.7 Å². The Labute approximate surface area is 197 Å². The van der Waals surface area contributed by atoms with Gasteiger partial charge in [-0.2, -0.15) is 0 Å². The largest absolute Gasteiger partial charge is 0.0776 e. The molecule has 0 fully saturated rings. The van der Waals surface area contributed by atoms with Gasteiger partial charge in [0.1, 0.15) is 0 Å². The van der Waals surface area contributed by atoms with E-state index < -0.39 is 0 Å². The van der Waals surface area contributed by atoms with E-state index in [9.17, 15) is 0 Å². The van der Waals surface area contributed by atoms with Gasteiger partial charge < -0.3 is 0 Å². The highest BCUT2D eigenvalue weighted by atomic mass is 14.3. The molecular formula is C30H70. The summed E-state index contributed by atoms with van der Waals surface area (Å²) in [5.74, 6) is 3.84. The molecule has 0 aromatic heterocycles. The predicted molar refractivity (Wildman–Crippen MR) is 149 cm³/mol. The third kappa shape index (κ3) is 26.0. The highest BCUT2D eigenvalue weighted by Gasteiger charge is 2.28. The van der Waals surface area contributed by atoms with Gasteiger partial charge in [0, 0.05) is 0 Å². The van der Waals surface area contributed by atoms with Crippen molar-refractivity contribution in [1.29, 1.82) is 0 Å². The summed E-state index contributed by atoms with van der Waals surface area (Å²) in [5, 5.41) is 0. The monoisotopic (exact) mass is 431 g/mol. The Hall–Kier alpha value is 0. The van der Waals surface area contributed by atoms with Crippen LogP contribution in [0.5, 0.6) is 0 Å². The molecule has 0 saturated heterocycles. The lowest BCUT2D eigenvalue weighted by Gasteiger charge is -2.36. The normalized spacial score (nSPS) is 10.2. The van der Waals surface area contributed by atoms with Crippen LogP contribution in [0, 0.1) is 23.7 Å². The molecule has 0 saturated carbocycles. The Morgan fingerprint density at radius 2 is 0.733 bits per heavy atom. The van der Waals surface area contributed by atoms with Crippen molar-refractivity contribution < 1.29 is 0 Å². The lowest BCUT2D eigenvalue weighted by Crippen LogP contribution is -2.26. The molecule has 190 valence electrons. The molecule has 0 N–H and O–H groups in total. The van der Waals surface area contributed by atoms with E-state index in [-0.39, 0.29) is 14.9 Å². The van der Waals surface area contributed by atoms with Gasteiger partial charge in [0.05, 0.1) is 0 Å². The molecule has 0 aromatic carbocycles. The third-order valence-corrected chi connectivity index (χ3v) is 5.67. The second kappa shape index (κ2) is 33.6. The second-order valence-corrected chi connectivity index (χ2v) is 9.09. The molecule has 0 radical (unpaired) electrons. The Morgan fingerprint density at radius 1 is 0.500 bits per heavy atom. The Bertz CT molecular complexity index is 206. The Morgan fingerprint density at radius 3 is 0.900 bits per heavy atom. The summed E-state index contributed by atoms with van der Waals surface area (Å²) in [6.07, 6.45) is 19.9. The minimum Gasteiger partial charge on any atom is -0.0776 e. The van der Waals surface area contributed by atoms with E-state index >= 15 is 0 Å². The first-order valence-electron chi connectivity index (χ1n) is 13.5. The van der Waals surface area contributed by atoms with Gasteiger partial charge in [-0.25, -0.2) is 0 Å². The van der Waals surface area contributed by atoms with Crippen LogP contribution in [0.25, 0.3) is 0 Å². The molecule has 0 nitrogen and oxygen atoms in total. The van der Waals surface area contributed by atoms with Gasteiger partial charge in [-0.15, -0.1) is 0 Å². The first kappa shape index (κ1) is 40.4. The molecule has 0 heteroatoms. The van der Waals surface area contributed by atoms with Crippen LogP contribution in [-0.4, -0.2) is 0 Å². The van der Waals surface area contributed by atoms with Crippen molar-refractivity contribution in [2.75, 3.05) is 0 Å². The molecule has 0 rings (SSSR count). The molecule has 0 unspecified atom stereocenters. The third-order valence-electron chi connectivity index (χ3n) is 5.67. The van der Waals surface area contributed by atoms with Crippen LogP contribution in [0.2, 0.25) is 0 Å². The molecule has 0 aliphatic carbocycles. The smallest absolute Gasteiger partial charge is 0.0355 e. The van der Waals surface area contributed by atoms with Crippen LogP contribution in [0.15, 0.2) is 0 Å². The molecule has 0 aliphatic heterocycles. The van der Waals surface area contributed by atoms with Crippen molar-refractivity contribution in [3.05, 3.63) is 0 Å². The quantitative estimate of drug-likeness (QED) is 0.228. The van der Waals surface area contributed by atoms with E-state index in [1.54, 1.807) is 0 Å². The Balaban J connectivity index is -0.000000271. The maximum Gasteiger partial charge on any atom is -0.0355 e. The van der Waals surface area contributed by atoms with E-state index in [4.69, 9.17) is 0 Å². The zero-order valence-corrected chi connectivity index (χ0v) is 22.2. The summed E-state index contributed by atoms with van der Waals surface area (Å²) in [6.45, 7) is 22.6. The topological polar surface area (TPSA) is 0 Å². The molecular weight excluding hydrogens is 360 g/mol. The van der Waals surface area contributed by atoms with Crippen LogP contribution in [0.3, 0.4) is 0 Å². The average Bonchev–Trinajstić information content (AvgIpc) is 2.69. The average molecular weight is 431 g/mol. The first-order chi connectivity index (χ1) is 13.5. The lowest BCUT2D eigenvalue weighted by atomic mass is 9.70. The lowest BCUT2D eigenvalue weighted by molar-refractivity contribution is 0.146. The first-order valence-corrected chi connectivity index (χ1v) is 13.5. The summed E-state index contributed by atoms with van der Waals surface area (Å²) in [5.41, 5.74) is 0. The summed E-state index contributed by atoms with van der Waals surface area (Å²) in [7, 11) is 0. The zero-order valence-electron chi connectivity index (χ0n) is 22.2. The van der Waals surface area contributed by atoms with E-state index in [2.05, 4.69) is 55.4 Å². The molecule has 30 heavy (non-hydrogen) atoms. The molecule has 0 heterocycles. The van der Waals surface area contributed by atoms with Crippen LogP contribution >= 0.6 is 0 Å². The fraction of sp³-hybridized carbons (Fsp3) is 1.00. The minimum absolute atomic E-state index is 0. The number of hydrogen-bond acceptors (Lipinski definition) is 0. The van der Waals surface area contributed by atoms with Crippen LogP contribution in [-0.2, 0) is 0 Å². The molecule has 0 aromatic rings. The number of rotatable bonds is 16. The van der Waals surface area contributed by atoms with E-state index in [1.165, 1.54) is 89.9 Å². The number of hydrogen-bond donors (Lipinski definition) is 0. The van der Waals surface area contributed by atoms with Crippen molar-refractivity contribution in [3.8, 4) is 0 Å². The van der Waals surface area contributed by atoms with Crippen molar-refractivity contribution in [3.63, 3.8) is 0 Å². The van der Waals surface area contributed by atoms with E-state index in [0.717, 1.165) is 23.7 Å². The number of unbranched alkanes of at least 4 members (excludes halogenated alkanes) is 4. The molecule has 0 bridgehead atoms. The van der Waals surface area contributed by atoms with Crippen molar-refractivity contribution >= 4 is 0 Å². The van der Waals surface area contributed by atoms with Crippen molar-refractivity contribution in [1.82, 2.24) is 0 Å². The van der Waals surface area contributed by atoms with Gasteiger partial charge in [0.2, 0.25) is 0 Å². The van der Waals surface area contributed by atoms with Crippen molar-refractivity contribution in [2.45, 2.75) is 174 Å². The predicted octanol–water partition coefficient (Wildman–Crippen LogP) is 12.4. The van der Waals surface area contributed by atoms with Gasteiger partial charge >= 0.3 is 0 Å². The standard InChI is InChI=1S/C23H48.C3H8.C2H6.2CH4/c1-7-11-15-21(16-12-8-2)23(19-20(5)6)22(17-13-9-3)18-14-10-4;1-3-2;1-2;;/h20-23H,7-19H2,1-6H3;3H2,1-2H3;1-2H3;2*1H4. The van der Waals surface area contributed by atoms with Gasteiger partial charge in [0.15, 0.2) is 0 Å². The minimum atomic E-state index is 0. The molecule has 0 aliphatic rings. The Kier molecular flexibility index (Phi) is 45.3. The van der Waals surface area contributed by atoms with Crippen LogP contribution in [0.1, 0.15) is 174 Å². The fourth-order valence-electron chi connectivity index (χ4n) is 4.32. The van der Waals surface area contributed by atoms with Gasteiger partial charge in [-0.1, -0.05) is 168 Å². The van der Waals surface area contributed by atoms with E-state index in [0.29, 0.717) is 0 Å². The highest BCUT2D eigenvalue weighted by molar-refractivity contribution is 4.79. The summed E-state index contributed by atoms with van der Waals surface area (Å²) in [6, 6.07) is 0. The van der Waals surface area contributed by atoms with Crippen LogP contribution in [0.4, 0.5) is 0 Å². The second-order valence-electron chi connectivity index (χ2n) is 9.09. The fourth-order valence-corrected chi connectivity index (χ4v) is 4.32. The SMILES string of the molecule is C.C.CC.CCC.CCCCC(CCCC)C(CC(C)C)C(CCCC)CCCC. The zero-order chi connectivity index (χ0) is 22.2. The summed E-state index contributed by atoms with van der Waals surface area (Å²) in [4.78, 5) is 0.